The van der Waals surface area contributed by atoms with Gasteiger partial charge in [-0.3, -0.25) is 0 Å². The molecular weight excluding hydrogens is 232 g/mol. The molecule has 0 spiro atoms. The lowest BCUT2D eigenvalue weighted by Gasteiger charge is -2.05. The van der Waals surface area contributed by atoms with Crippen molar-refractivity contribution in [3.05, 3.63) is 28.9 Å². The smallest absolute Gasteiger partial charge is 0.144 e. The molecule has 0 fully saturated rings. The first-order valence-electron chi connectivity index (χ1n) is 3.99. The van der Waals surface area contributed by atoms with Gasteiger partial charge in [-0.1, -0.05) is 22.0 Å². The van der Waals surface area contributed by atoms with E-state index in [1.807, 2.05) is 18.2 Å². The molecule has 0 saturated heterocycles. The van der Waals surface area contributed by atoms with Gasteiger partial charge in [0.1, 0.15) is 6.23 Å². The van der Waals surface area contributed by atoms with Gasteiger partial charge in [0.25, 0.3) is 0 Å². The van der Waals surface area contributed by atoms with Crippen LogP contribution in [0.2, 0.25) is 0 Å². The van der Waals surface area contributed by atoms with Crippen LogP contribution in [0.1, 0.15) is 13.2 Å². The quantitative estimate of drug-likeness (QED) is 0.831. The molecule has 0 aliphatic carbocycles. The molecule has 0 aliphatic heterocycles. The van der Waals surface area contributed by atoms with E-state index in [-0.39, 0.29) is 0 Å². The maximum absolute atomic E-state index is 9.39. The SMILES string of the molecule is CC(O)n1ncc2ccc(Br)cc21. The van der Waals surface area contributed by atoms with Crippen molar-refractivity contribution in [3.8, 4) is 0 Å². The number of rotatable bonds is 1. The number of aromatic nitrogens is 2. The van der Waals surface area contributed by atoms with Crippen molar-refractivity contribution in [2.45, 2.75) is 13.2 Å². The molecule has 0 saturated carbocycles. The van der Waals surface area contributed by atoms with Crippen molar-refractivity contribution in [1.82, 2.24) is 9.78 Å². The van der Waals surface area contributed by atoms with E-state index in [2.05, 4.69) is 21.0 Å². The second-order valence-electron chi connectivity index (χ2n) is 2.92. The summed E-state index contributed by atoms with van der Waals surface area (Å²) in [5.74, 6) is 0. The number of hydrogen-bond donors (Lipinski definition) is 1. The molecule has 1 heterocycles. The number of nitrogens with zero attached hydrogens (tertiary/aromatic N) is 2. The van der Waals surface area contributed by atoms with Gasteiger partial charge >= 0.3 is 0 Å². The minimum atomic E-state index is -0.591. The van der Waals surface area contributed by atoms with E-state index in [0.717, 1.165) is 15.4 Å². The second kappa shape index (κ2) is 3.12. The standard InChI is InChI=1S/C9H9BrN2O/c1-6(13)12-9-4-8(10)3-2-7(9)5-11-12/h2-6,13H,1H3. The highest BCUT2D eigenvalue weighted by Crippen LogP contribution is 2.21. The summed E-state index contributed by atoms with van der Waals surface area (Å²) in [4.78, 5) is 0. The molecule has 0 amide bonds. The van der Waals surface area contributed by atoms with Crippen LogP contribution in [0.15, 0.2) is 28.9 Å². The molecule has 2 rings (SSSR count). The third-order valence-corrected chi connectivity index (χ3v) is 2.41. The molecule has 4 heteroatoms. The van der Waals surface area contributed by atoms with Gasteiger partial charge in [-0.2, -0.15) is 5.10 Å². The van der Waals surface area contributed by atoms with Gasteiger partial charge in [-0.15, -0.1) is 0 Å². The average Bonchev–Trinajstić information content (AvgIpc) is 2.46. The van der Waals surface area contributed by atoms with E-state index in [1.165, 1.54) is 0 Å². The van der Waals surface area contributed by atoms with E-state index >= 15 is 0 Å². The first kappa shape index (κ1) is 8.72. The van der Waals surface area contributed by atoms with Crippen molar-refractivity contribution in [2.24, 2.45) is 0 Å². The molecular formula is C9H9BrN2O. The number of halogens is 1. The molecule has 1 aromatic heterocycles. The Morgan fingerprint density at radius 2 is 2.31 bits per heavy atom. The average molecular weight is 241 g/mol. The van der Waals surface area contributed by atoms with Gasteiger partial charge in [0.05, 0.1) is 11.7 Å². The summed E-state index contributed by atoms with van der Waals surface area (Å²) in [7, 11) is 0. The fraction of sp³-hybridized carbons (Fsp3) is 0.222. The van der Waals surface area contributed by atoms with Crippen molar-refractivity contribution in [2.75, 3.05) is 0 Å². The van der Waals surface area contributed by atoms with E-state index in [1.54, 1.807) is 17.8 Å². The van der Waals surface area contributed by atoms with Gasteiger partial charge in [-0.05, 0) is 19.1 Å². The zero-order chi connectivity index (χ0) is 9.42. The Bertz CT molecular complexity index is 436. The van der Waals surface area contributed by atoms with E-state index < -0.39 is 6.23 Å². The van der Waals surface area contributed by atoms with Gasteiger partial charge in [0.2, 0.25) is 0 Å². The fourth-order valence-electron chi connectivity index (χ4n) is 1.31. The molecule has 1 aromatic carbocycles. The Balaban J connectivity index is 2.71. The molecule has 1 atom stereocenters. The van der Waals surface area contributed by atoms with E-state index in [9.17, 15) is 5.11 Å². The summed E-state index contributed by atoms with van der Waals surface area (Å²) in [6, 6.07) is 5.86. The lowest BCUT2D eigenvalue weighted by Crippen LogP contribution is -2.04. The first-order chi connectivity index (χ1) is 6.18. The summed E-state index contributed by atoms with van der Waals surface area (Å²) in [6.07, 6.45) is 1.15. The van der Waals surface area contributed by atoms with Crippen molar-refractivity contribution >= 4 is 26.8 Å². The Morgan fingerprint density at radius 3 is 3.00 bits per heavy atom. The van der Waals surface area contributed by atoms with E-state index in [0.29, 0.717) is 0 Å². The molecule has 2 aromatic rings. The highest BCUT2D eigenvalue weighted by molar-refractivity contribution is 9.10. The van der Waals surface area contributed by atoms with Crippen LogP contribution < -0.4 is 0 Å². The lowest BCUT2D eigenvalue weighted by molar-refractivity contribution is 0.115. The van der Waals surface area contributed by atoms with Gasteiger partial charge < -0.3 is 5.11 Å². The maximum atomic E-state index is 9.39. The zero-order valence-electron chi connectivity index (χ0n) is 7.11. The summed E-state index contributed by atoms with van der Waals surface area (Å²) in [5, 5.41) is 14.5. The summed E-state index contributed by atoms with van der Waals surface area (Å²) < 4.78 is 2.57. The highest BCUT2D eigenvalue weighted by Gasteiger charge is 2.06. The van der Waals surface area contributed by atoms with Gasteiger partial charge in [0, 0.05) is 9.86 Å². The van der Waals surface area contributed by atoms with Crippen LogP contribution in [0, 0.1) is 0 Å². The summed E-state index contributed by atoms with van der Waals surface area (Å²) in [5.41, 5.74) is 0.935. The lowest BCUT2D eigenvalue weighted by atomic mass is 10.2. The van der Waals surface area contributed by atoms with Crippen molar-refractivity contribution in [3.63, 3.8) is 0 Å². The number of aliphatic hydroxyl groups is 1. The van der Waals surface area contributed by atoms with Gasteiger partial charge in [-0.25, -0.2) is 4.68 Å². The Morgan fingerprint density at radius 1 is 1.54 bits per heavy atom. The van der Waals surface area contributed by atoms with Crippen LogP contribution in [-0.4, -0.2) is 14.9 Å². The molecule has 13 heavy (non-hydrogen) atoms. The number of benzene rings is 1. The normalized spacial score (nSPS) is 13.5. The molecule has 68 valence electrons. The Labute approximate surface area is 84.1 Å². The number of hydrogen-bond acceptors (Lipinski definition) is 2. The second-order valence-corrected chi connectivity index (χ2v) is 3.84. The third-order valence-electron chi connectivity index (χ3n) is 1.91. The predicted octanol–water partition coefficient (Wildman–Crippen LogP) is 2.31. The summed E-state index contributed by atoms with van der Waals surface area (Å²) >= 11 is 3.38. The zero-order valence-corrected chi connectivity index (χ0v) is 8.69. The van der Waals surface area contributed by atoms with Crippen LogP contribution in [-0.2, 0) is 0 Å². The molecule has 1 N–H and O–H groups in total. The van der Waals surface area contributed by atoms with Crippen LogP contribution in [0.3, 0.4) is 0 Å². The molecule has 0 aliphatic rings. The van der Waals surface area contributed by atoms with Crippen LogP contribution in [0.5, 0.6) is 0 Å². The predicted molar refractivity (Wildman–Crippen MR) is 54.4 cm³/mol. The first-order valence-corrected chi connectivity index (χ1v) is 4.78. The minimum Gasteiger partial charge on any atom is -0.372 e. The number of fused-ring (bicyclic) bond motifs is 1. The van der Waals surface area contributed by atoms with Crippen molar-refractivity contribution < 1.29 is 5.11 Å². The highest BCUT2D eigenvalue weighted by atomic mass is 79.9. The van der Waals surface area contributed by atoms with Crippen LogP contribution in [0.25, 0.3) is 10.9 Å². The molecule has 3 nitrogen and oxygen atoms in total. The third kappa shape index (κ3) is 1.47. The van der Waals surface area contributed by atoms with Crippen molar-refractivity contribution in [1.29, 1.82) is 0 Å². The summed E-state index contributed by atoms with van der Waals surface area (Å²) in [6.45, 7) is 1.69. The minimum absolute atomic E-state index is 0.591. The topological polar surface area (TPSA) is 38.0 Å². The van der Waals surface area contributed by atoms with Crippen LogP contribution in [0.4, 0.5) is 0 Å². The molecule has 1 unspecified atom stereocenters. The van der Waals surface area contributed by atoms with Crippen LogP contribution >= 0.6 is 15.9 Å². The Hall–Kier alpha value is -0.870. The monoisotopic (exact) mass is 240 g/mol. The largest absolute Gasteiger partial charge is 0.372 e. The molecule has 0 bridgehead atoms. The van der Waals surface area contributed by atoms with Gasteiger partial charge in [0.15, 0.2) is 0 Å². The maximum Gasteiger partial charge on any atom is 0.144 e. The molecule has 0 radical (unpaired) electrons. The fourth-order valence-corrected chi connectivity index (χ4v) is 1.66. The Kier molecular flexibility index (Phi) is 2.09. The van der Waals surface area contributed by atoms with E-state index in [4.69, 9.17) is 0 Å². The number of aliphatic hydroxyl groups excluding tert-OH is 1.